The van der Waals surface area contributed by atoms with Crippen LogP contribution >= 0.6 is 0 Å². The molecule has 8 N–H and O–H groups in total. The van der Waals surface area contributed by atoms with Gasteiger partial charge < -0.3 is 55.5 Å². The standard InChI is InChI=1S/C40H39FN2O14/c1-15-9-18-10-25(46)40(56-4)36(52)28-21(35(51)39(40,54)29(18)33(50)26(15)37(53)42-13-17-5-7-19(41)8-6-17)11-20-27(32(28)49)24(45)12-23(30(20)47)43-38-22(14-44)31(48)34(55-3)16(2)57-38/h5-9,11-12,16,22,25,31,34,38,43-44,46,48-50,54H,10,13-14H2,1-4H3,(H,42,53)/t16-,22+,25+,31-,34-,38-,39-,40+/m0/s1. The van der Waals surface area contributed by atoms with Gasteiger partial charge in [0.25, 0.3) is 5.91 Å². The highest BCUT2D eigenvalue weighted by Gasteiger charge is 2.72. The summed E-state index contributed by atoms with van der Waals surface area (Å²) in [5.41, 5.74) is -9.98. The molecule has 16 nitrogen and oxygen atoms in total. The van der Waals surface area contributed by atoms with Gasteiger partial charge in [-0.25, -0.2) is 4.39 Å². The van der Waals surface area contributed by atoms with Gasteiger partial charge in [-0.05, 0) is 48.7 Å². The normalized spacial score (nSPS) is 29.2. The van der Waals surface area contributed by atoms with Crippen molar-refractivity contribution in [3.05, 3.63) is 104 Å². The number of Topliss-reactive ketones (excluding diaryl/α,β-unsaturated/α-hetero) is 3. The molecular formula is C40H39FN2O14. The van der Waals surface area contributed by atoms with Gasteiger partial charge in [-0.1, -0.05) is 18.2 Å². The van der Waals surface area contributed by atoms with Crippen LogP contribution in [0.3, 0.4) is 0 Å². The van der Waals surface area contributed by atoms with E-state index in [2.05, 4.69) is 10.6 Å². The molecule has 4 aliphatic rings. The lowest BCUT2D eigenvalue weighted by Crippen LogP contribution is -2.73. The zero-order valence-electron chi connectivity index (χ0n) is 31.0. The van der Waals surface area contributed by atoms with E-state index in [0.29, 0.717) is 5.56 Å². The number of rotatable bonds is 8. The van der Waals surface area contributed by atoms with Gasteiger partial charge in [0, 0.05) is 50.0 Å². The van der Waals surface area contributed by atoms with Crippen LogP contribution in [0.1, 0.15) is 81.0 Å². The molecule has 57 heavy (non-hydrogen) atoms. The molecule has 0 bridgehead atoms. The number of carbonyl (C=O) groups is 5. The summed E-state index contributed by atoms with van der Waals surface area (Å²) in [5.74, 6) is -9.26. The maximum absolute atomic E-state index is 14.8. The average Bonchev–Trinajstić information content (AvgIpc) is 3.15. The van der Waals surface area contributed by atoms with E-state index in [0.717, 1.165) is 19.3 Å². The lowest BCUT2D eigenvalue weighted by Gasteiger charge is -2.53. The quantitative estimate of drug-likeness (QED) is 0.156. The first-order valence-electron chi connectivity index (χ1n) is 17.9. The number of ketones is 4. The topological polar surface area (TPSA) is 258 Å². The van der Waals surface area contributed by atoms with Gasteiger partial charge in [-0.3, -0.25) is 24.0 Å². The van der Waals surface area contributed by atoms with Gasteiger partial charge in [-0.15, -0.1) is 0 Å². The fraction of sp³-hybridized carbons (Fsp3) is 0.375. The molecule has 3 aromatic carbocycles. The van der Waals surface area contributed by atoms with E-state index in [9.17, 15) is 59.0 Å². The van der Waals surface area contributed by atoms with Crippen molar-refractivity contribution in [1.29, 1.82) is 0 Å². The van der Waals surface area contributed by atoms with Crippen LogP contribution in [-0.4, -0.2) is 117 Å². The number of phenols is 2. The van der Waals surface area contributed by atoms with Crippen molar-refractivity contribution < 1.29 is 73.2 Å². The average molecular weight is 791 g/mol. The number of carbonyl (C=O) groups excluding carboxylic acids is 5. The Kier molecular flexibility index (Phi) is 9.93. The molecule has 1 aliphatic heterocycles. The summed E-state index contributed by atoms with van der Waals surface area (Å²) < 4.78 is 30.1. The largest absolute Gasteiger partial charge is 0.507 e. The number of fused-ring (bicyclic) bond motifs is 5. The molecule has 0 unspecified atom stereocenters. The van der Waals surface area contributed by atoms with E-state index >= 15 is 0 Å². The minimum Gasteiger partial charge on any atom is -0.507 e. The predicted molar refractivity (Wildman–Crippen MR) is 192 cm³/mol. The van der Waals surface area contributed by atoms with Crippen LogP contribution in [0.5, 0.6) is 11.5 Å². The van der Waals surface area contributed by atoms with E-state index in [1.165, 1.54) is 44.4 Å². The number of ether oxygens (including phenoxy) is 3. The minimum atomic E-state index is -3.30. The number of phenolic OH excluding ortho intramolecular Hbond substituents is 2. The third kappa shape index (κ3) is 5.64. The lowest BCUT2D eigenvalue weighted by atomic mass is 9.56. The zero-order chi connectivity index (χ0) is 41.5. The van der Waals surface area contributed by atoms with Crippen molar-refractivity contribution in [2.75, 3.05) is 20.8 Å². The number of hydrogen-bond acceptors (Lipinski definition) is 15. The van der Waals surface area contributed by atoms with Crippen molar-refractivity contribution in [2.45, 2.75) is 68.7 Å². The number of hydrogen-bond donors (Lipinski definition) is 8. The molecule has 0 saturated carbocycles. The Bertz CT molecular complexity index is 2290. The number of aliphatic hydroxyl groups excluding tert-OH is 3. The molecule has 3 aromatic rings. The maximum Gasteiger partial charge on any atom is 0.255 e. The Hall–Kier alpha value is -5.40. The van der Waals surface area contributed by atoms with Crippen molar-refractivity contribution in [1.82, 2.24) is 10.6 Å². The van der Waals surface area contributed by atoms with Crippen LogP contribution in [0.25, 0.3) is 0 Å². The second-order valence-electron chi connectivity index (χ2n) is 14.6. The van der Waals surface area contributed by atoms with Crippen molar-refractivity contribution in [3.63, 3.8) is 0 Å². The Balaban J connectivity index is 1.32. The highest BCUT2D eigenvalue weighted by molar-refractivity contribution is 6.31. The molecule has 0 aromatic heterocycles. The van der Waals surface area contributed by atoms with E-state index in [4.69, 9.17) is 14.2 Å². The monoisotopic (exact) mass is 790 g/mol. The predicted octanol–water partition coefficient (Wildman–Crippen LogP) is 0.626. The van der Waals surface area contributed by atoms with Gasteiger partial charge in [-0.2, -0.15) is 0 Å². The number of allylic oxidation sites excluding steroid dienone is 2. The summed E-state index contributed by atoms with van der Waals surface area (Å²) in [6.07, 6.45) is -5.78. The second-order valence-corrected chi connectivity index (χ2v) is 14.6. The molecular weight excluding hydrogens is 751 g/mol. The molecule has 1 amide bonds. The first kappa shape index (κ1) is 39.8. The Labute approximate surface area is 323 Å². The van der Waals surface area contributed by atoms with Gasteiger partial charge in [0.05, 0.1) is 53.2 Å². The SMILES string of the molecule is CO[C@@H]1[C@@H](O)[C@@H](CO)[C@@H](NC2=CC(=O)c3c(cc4c(c3O)C(=O)[C@]3(OC)[C@H](O)Cc5cc(C)c(C(=O)NCc6ccc(F)cc6)c(O)c5[C@]3(O)C4=O)C2=O)O[C@H]1C. The molecule has 300 valence electrons. The summed E-state index contributed by atoms with van der Waals surface area (Å²) in [4.78, 5) is 70.7. The number of methoxy groups -OCH3 is 2. The molecule has 7 rings (SSSR count). The maximum atomic E-state index is 14.8. The van der Waals surface area contributed by atoms with Crippen LogP contribution in [0.15, 0.2) is 48.2 Å². The van der Waals surface area contributed by atoms with Crippen LogP contribution in [0, 0.1) is 18.7 Å². The second kappa shape index (κ2) is 14.2. The number of amides is 1. The third-order valence-electron chi connectivity index (χ3n) is 11.5. The van der Waals surface area contributed by atoms with E-state index in [-0.39, 0.29) is 17.7 Å². The number of benzene rings is 3. The molecule has 8 atom stereocenters. The molecule has 0 spiro atoms. The van der Waals surface area contributed by atoms with Crippen LogP contribution in [0.2, 0.25) is 0 Å². The van der Waals surface area contributed by atoms with Gasteiger partial charge in [0.15, 0.2) is 17.0 Å². The van der Waals surface area contributed by atoms with Crippen LogP contribution < -0.4 is 10.6 Å². The fourth-order valence-electron chi connectivity index (χ4n) is 8.69. The Morgan fingerprint density at radius 1 is 1.00 bits per heavy atom. The number of aryl methyl sites for hydroxylation is 1. The van der Waals surface area contributed by atoms with E-state index < -0.39 is 146 Å². The third-order valence-corrected chi connectivity index (χ3v) is 11.5. The lowest BCUT2D eigenvalue weighted by molar-refractivity contribution is -0.214. The van der Waals surface area contributed by atoms with Gasteiger partial charge in [0.1, 0.15) is 29.6 Å². The zero-order valence-corrected chi connectivity index (χ0v) is 31.0. The minimum absolute atomic E-state index is 0.0340. The molecule has 17 heteroatoms. The first-order chi connectivity index (χ1) is 27.0. The fourth-order valence-corrected chi connectivity index (χ4v) is 8.69. The summed E-state index contributed by atoms with van der Waals surface area (Å²) in [6, 6.07) is 7.38. The molecule has 1 fully saturated rings. The Morgan fingerprint density at radius 3 is 2.32 bits per heavy atom. The smallest absolute Gasteiger partial charge is 0.255 e. The molecule has 1 heterocycles. The molecule has 1 saturated heterocycles. The molecule has 0 radical (unpaired) electrons. The number of nitrogens with one attached hydrogen (secondary N) is 2. The molecule has 3 aliphatic carbocycles. The number of halogens is 1. The summed E-state index contributed by atoms with van der Waals surface area (Å²) in [6.45, 7) is 2.29. The van der Waals surface area contributed by atoms with Gasteiger partial charge >= 0.3 is 0 Å². The van der Waals surface area contributed by atoms with Crippen molar-refractivity contribution >= 4 is 29.0 Å². The van der Waals surface area contributed by atoms with Crippen molar-refractivity contribution in [2.24, 2.45) is 5.92 Å². The number of aromatic hydroxyl groups is 2. The summed E-state index contributed by atoms with van der Waals surface area (Å²) in [5, 5.41) is 73.8. The summed E-state index contributed by atoms with van der Waals surface area (Å²) in [7, 11) is 2.25. The summed E-state index contributed by atoms with van der Waals surface area (Å²) >= 11 is 0. The van der Waals surface area contributed by atoms with Crippen LogP contribution in [0.4, 0.5) is 4.39 Å². The first-order valence-corrected chi connectivity index (χ1v) is 17.9. The van der Waals surface area contributed by atoms with E-state index in [1.807, 2.05) is 0 Å². The highest BCUT2D eigenvalue weighted by atomic mass is 19.1. The number of aliphatic hydroxyl groups is 4. The van der Waals surface area contributed by atoms with E-state index in [1.54, 1.807) is 6.92 Å². The van der Waals surface area contributed by atoms with Crippen LogP contribution in [-0.2, 0) is 32.8 Å². The van der Waals surface area contributed by atoms with Gasteiger partial charge in [0.2, 0.25) is 17.3 Å². The van der Waals surface area contributed by atoms with Crippen molar-refractivity contribution in [3.8, 4) is 11.5 Å². The Morgan fingerprint density at radius 2 is 1.68 bits per heavy atom. The highest BCUT2D eigenvalue weighted by Crippen LogP contribution is 2.56.